The van der Waals surface area contributed by atoms with Crippen LogP contribution in [0, 0.1) is 5.92 Å². The summed E-state index contributed by atoms with van der Waals surface area (Å²) >= 11 is 0. The first-order valence-corrected chi connectivity index (χ1v) is 7.51. The Bertz CT molecular complexity index is 455. The molecule has 7 heteroatoms. The highest BCUT2D eigenvalue weighted by Crippen LogP contribution is 2.33. The predicted molar refractivity (Wildman–Crippen MR) is 73.4 cm³/mol. The molecule has 0 bridgehead atoms. The van der Waals surface area contributed by atoms with Crippen LogP contribution in [0.5, 0.6) is 0 Å². The molecule has 1 unspecified atom stereocenters. The number of hydrogen-bond acceptors (Lipinski definition) is 4. The van der Waals surface area contributed by atoms with Crippen LogP contribution < -0.4 is 0 Å². The van der Waals surface area contributed by atoms with E-state index in [1.165, 1.54) is 7.11 Å². The third-order valence-electron chi connectivity index (χ3n) is 4.52. The lowest BCUT2D eigenvalue weighted by Crippen LogP contribution is -2.52. The summed E-state index contributed by atoms with van der Waals surface area (Å²) in [6.07, 6.45) is 2.14. The van der Waals surface area contributed by atoms with Crippen molar-refractivity contribution in [3.8, 4) is 0 Å². The maximum absolute atomic E-state index is 12.5. The normalized spacial score (nSPS) is 26.2. The maximum atomic E-state index is 12.5. The molecule has 2 heterocycles. The van der Waals surface area contributed by atoms with Crippen molar-refractivity contribution in [1.29, 1.82) is 0 Å². The number of ether oxygens (including phenoxy) is 1. The number of carbonyl (C=O) groups excluding carboxylic acids is 3. The molecule has 0 aromatic heterocycles. The van der Waals surface area contributed by atoms with Gasteiger partial charge in [-0.3, -0.25) is 9.59 Å². The Morgan fingerprint density at radius 1 is 1.10 bits per heavy atom. The zero-order chi connectivity index (χ0) is 15.0. The third-order valence-corrected chi connectivity index (χ3v) is 4.52. The minimum absolute atomic E-state index is 0.0519. The Balaban J connectivity index is 1.52. The first-order valence-electron chi connectivity index (χ1n) is 7.51. The molecule has 3 amide bonds. The van der Waals surface area contributed by atoms with Gasteiger partial charge in [0.05, 0.1) is 13.0 Å². The molecule has 1 aliphatic carbocycles. The molecule has 0 radical (unpaired) electrons. The fraction of sp³-hybridized carbons (Fsp3) is 0.786. The summed E-state index contributed by atoms with van der Waals surface area (Å²) < 4.78 is 4.68. The number of amides is 3. The fourth-order valence-corrected chi connectivity index (χ4v) is 3.13. The van der Waals surface area contributed by atoms with E-state index in [0.717, 1.165) is 12.8 Å². The predicted octanol–water partition coefficient (Wildman–Crippen LogP) is -0.0921. The molecule has 2 aliphatic heterocycles. The van der Waals surface area contributed by atoms with Gasteiger partial charge in [-0.05, 0) is 12.8 Å². The van der Waals surface area contributed by atoms with Crippen LogP contribution in [-0.2, 0) is 14.3 Å². The van der Waals surface area contributed by atoms with Crippen LogP contribution in [0.4, 0.5) is 4.79 Å². The average molecular weight is 295 g/mol. The van der Waals surface area contributed by atoms with Gasteiger partial charge in [0.25, 0.3) is 0 Å². The monoisotopic (exact) mass is 295 g/mol. The molecular weight excluding hydrogens is 274 g/mol. The lowest BCUT2D eigenvalue weighted by atomic mass is 10.1. The van der Waals surface area contributed by atoms with Crippen molar-refractivity contribution < 1.29 is 19.1 Å². The fourth-order valence-electron chi connectivity index (χ4n) is 3.13. The second-order valence-electron chi connectivity index (χ2n) is 5.96. The van der Waals surface area contributed by atoms with Gasteiger partial charge in [0, 0.05) is 45.2 Å². The van der Waals surface area contributed by atoms with Crippen molar-refractivity contribution in [3.63, 3.8) is 0 Å². The Morgan fingerprint density at radius 2 is 1.71 bits per heavy atom. The molecule has 21 heavy (non-hydrogen) atoms. The number of methoxy groups -OCH3 is 1. The van der Waals surface area contributed by atoms with Crippen molar-refractivity contribution in [2.24, 2.45) is 5.92 Å². The van der Waals surface area contributed by atoms with Gasteiger partial charge in [0.15, 0.2) is 0 Å². The summed E-state index contributed by atoms with van der Waals surface area (Å²) in [6, 6.07) is 0.381. The molecule has 1 saturated carbocycles. The summed E-state index contributed by atoms with van der Waals surface area (Å²) in [6.45, 7) is 2.58. The largest absolute Gasteiger partial charge is 0.453 e. The lowest BCUT2D eigenvalue weighted by Gasteiger charge is -2.35. The van der Waals surface area contributed by atoms with Crippen LogP contribution in [0.1, 0.15) is 19.3 Å². The van der Waals surface area contributed by atoms with E-state index in [1.54, 1.807) is 9.80 Å². The van der Waals surface area contributed by atoms with E-state index in [1.807, 2.05) is 4.90 Å². The molecule has 1 atom stereocenters. The van der Waals surface area contributed by atoms with Crippen LogP contribution in [0.3, 0.4) is 0 Å². The topological polar surface area (TPSA) is 70.2 Å². The van der Waals surface area contributed by atoms with E-state index in [4.69, 9.17) is 0 Å². The summed E-state index contributed by atoms with van der Waals surface area (Å²) in [5, 5.41) is 0. The summed E-state index contributed by atoms with van der Waals surface area (Å²) in [7, 11) is 1.36. The van der Waals surface area contributed by atoms with Crippen molar-refractivity contribution in [3.05, 3.63) is 0 Å². The number of nitrogens with zero attached hydrogens (tertiary/aromatic N) is 3. The second-order valence-corrected chi connectivity index (χ2v) is 5.96. The summed E-state index contributed by atoms with van der Waals surface area (Å²) in [5.41, 5.74) is 0. The van der Waals surface area contributed by atoms with Crippen LogP contribution in [0.25, 0.3) is 0 Å². The number of piperazine rings is 1. The Labute approximate surface area is 123 Å². The SMILES string of the molecule is COC(=O)N1CCN(C(=O)C2CC(=O)N(C3CC3)C2)CC1. The maximum Gasteiger partial charge on any atom is 0.409 e. The average Bonchev–Trinajstić information content (AvgIpc) is 3.28. The van der Waals surface area contributed by atoms with Crippen LogP contribution in [-0.4, -0.2) is 78.5 Å². The minimum Gasteiger partial charge on any atom is -0.453 e. The van der Waals surface area contributed by atoms with Crippen LogP contribution >= 0.6 is 0 Å². The summed E-state index contributed by atoms with van der Waals surface area (Å²) in [4.78, 5) is 41.1. The molecule has 7 nitrogen and oxygen atoms in total. The highest BCUT2D eigenvalue weighted by molar-refractivity contribution is 5.89. The molecule has 3 rings (SSSR count). The molecule has 3 aliphatic rings. The van der Waals surface area contributed by atoms with Crippen molar-refractivity contribution in [2.75, 3.05) is 39.8 Å². The first-order chi connectivity index (χ1) is 10.1. The zero-order valence-electron chi connectivity index (χ0n) is 12.3. The van der Waals surface area contributed by atoms with Crippen LogP contribution in [0.15, 0.2) is 0 Å². The molecule has 0 aromatic carbocycles. The molecule has 2 saturated heterocycles. The zero-order valence-corrected chi connectivity index (χ0v) is 12.3. The van der Waals surface area contributed by atoms with E-state index in [2.05, 4.69) is 4.74 Å². The Kier molecular flexibility index (Phi) is 3.73. The number of likely N-dealkylation sites (tertiary alicyclic amines) is 1. The quantitative estimate of drug-likeness (QED) is 0.714. The van der Waals surface area contributed by atoms with E-state index in [0.29, 0.717) is 45.2 Å². The van der Waals surface area contributed by atoms with Gasteiger partial charge in [-0.1, -0.05) is 0 Å². The molecule has 3 fully saturated rings. The van der Waals surface area contributed by atoms with E-state index < -0.39 is 0 Å². The first kappa shape index (κ1) is 14.2. The van der Waals surface area contributed by atoms with Gasteiger partial charge in [0.1, 0.15) is 0 Å². The molecule has 0 spiro atoms. The molecule has 0 aromatic rings. The summed E-state index contributed by atoms with van der Waals surface area (Å²) in [5.74, 6) is -0.0390. The van der Waals surface area contributed by atoms with Crippen LogP contribution in [0.2, 0.25) is 0 Å². The second kappa shape index (κ2) is 5.54. The smallest absolute Gasteiger partial charge is 0.409 e. The Morgan fingerprint density at radius 3 is 2.29 bits per heavy atom. The van der Waals surface area contributed by atoms with E-state index in [-0.39, 0.29) is 23.8 Å². The van der Waals surface area contributed by atoms with Gasteiger partial charge in [-0.15, -0.1) is 0 Å². The molecule has 0 N–H and O–H groups in total. The minimum atomic E-state index is -0.349. The lowest BCUT2D eigenvalue weighted by molar-refractivity contribution is -0.137. The highest BCUT2D eigenvalue weighted by atomic mass is 16.5. The number of rotatable bonds is 2. The number of hydrogen-bond donors (Lipinski definition) is 0. The number of carbonyl (C=O) groups is 3. The van der Waals surface area contributed by atoms with Gasteiger partial charge in [-0.2, -0.15) is 0 Å². The Hall–Kier alpha value is -1.79. The van der Waals surface area contributed by atoms with E-state index in [9.17, 15) is 14.4 Å². The van der Waals surface area contributed by atoms with Crippen molar-refractivity contribution >= 4 is 17.9 Å². The van der Waals surface area contributed by atoms with Gasteiger partial charge >= 0.3 is 6.09 Å². The standard InChI is InChI=1S/C14H21N3O4/c1-21-14(20)16-6-4-15(5-7-16)13(19)10-8-12(18)17(9-10)11-2-3-11/h10-11H,2-9H2,1H3. The molecule has 116 valence electrons. The van der Waals surface area contributed by atoms with Gasteiger partial charge in [0.2, 0.25) is 11.8 Å². The van der Waals surface area contributed by atoms with E-state index >= 15 is 0 Å². The van der Waals surface area contributed by atoms with Gasteiger partial charge < -0.3 is 19.4 Å². The van der Waals surface area contributed by atoms with Crippen molar-refractivity contribution in [1.82, 2.24) is 14.7 Å². The third kappa shape index (κ3) is 2.82. The van der Waals surface area contributed by atoms with Crippen molar-refractivity contribution in [2.45, 2.75) is 25.3 Å². The highest BCUT2D eigenvalue weighted by Gasteiger charge is 2.43. The molecular formula is C14H21N3O4. The van der Waals surface area contributed by atoms with Gasteiger partial charge in [-0.25, -0.2) is 4.79 Å².